The number of nitrogens with one attached hydrogen (secondary N) is 1. The third-order valence-corrected chi connectivity index (χ3v) is 3.63. The van der Waals surface area contributed by atoms with Crippen molar-refractivity contribution in [2.45, 2.75) is 0 Å². The molecule has 0 spiro atoms. The number of likely N-dealkylation sites (N-methyl/N-ethyl adjacent to an activating group) is 2. The molecule has 0 aliphatic heterocycles. The average Bonchev–Trinajstić information content (AvgIpc) is 2.13. The van der Waals surface area contributed by atoms with E-state index in [1.807, 2.05) is 0 Å². The van der Waals surface area contributed by atoms with Gasteiger partial charge in [0.05, 0.1) is 0 Å². The molecule has 0 saturated carbocycles. The Morgan fingerprint density at radius 3 is 2.00 bits per heavy atom. The number of hydrogen-bond acceptors (Lipinski definition) is 3. The molecule has 0 fully saturated rings. The second kappa shape index (κ2) is 4.54. The molecule has 0 heterocycles. The molecule has 0 aliphatic carbocycles. The number of hydrogen-bond donors (Lipinski definition) is 2. The first-order chi connectivity index (χ1) is 6.25. The first-order valence-electron chi connectivity index (χ1n) is 3.76. The second-order valence-corrected chi connectivity index (χ2v) is 5.19. The molecule has 0 bridgehead atoms. The molecule has 0 aromatic rings. The molecule has 1 unspecified atom stereocenters. The molecule has 1 atom stereocenters. The summed E-state index contributed by atoms with van der Waals surface area (Å²) in [6, 6.07) is 0. The van der Waals surface area contributed by atoms with E-state index in [1.54, 1.807) is 0 Å². The fraction of sp³-hybridized carbons (Fsp3) is 0.667. The Balaban J connectivity index is 4.79. The molecule has 0 rings (SSSR count). The number of carbonyl (C=O) groups is 2. The Morgan fingerprint density at radius 2 is 1.71 bits per heavy atom. The lowest BCUT2D eigenvalue weighted by Gasteiger charge is -2.26. The van der Waals surface area contributed by atoms with Crippen molar-refractivity contribution < 1.29 is 19.0 Å². The van der Waals surface area contributed by atoms with Crippen molar-refractivity contribution >= 4 is 19.5 Å². The van der Waals surface area contributed by atoms with Crippen molar-refractivity contribution in [2.24, 2.45) is 0 Å². The van der Waals surface area contributed by atoms with Gasteiger partial charge in [-0.2, -0.15) is 0 Å². The van der Waals surface area contributed by atoms with Gasteiger partial charge in [0.1, 0.15) is 0 Å². The van der Waals surface area contributed by atoms with E-state index in [0.29, 0.717) is 4.67 Å². The lowest BCUT2D eigenvalue weighted by atomic mass is 10.6. The summed E-state index contributed by atoms with van der Waals surface area (Å²) in [7, 11) is 1.13. The van der Waals surface area contributed by atoms with E-state index < -0.39 is 19.5 Å². The smallest absolute Gasteiger partial charge is 0.351 e. The zero-order chi connectivity index (χ0) is 11.5. The summed E-state index contributed by atoms with van der Waals surface area (Å²) >= 11 is 0. The van der Waals surface area contributed by atoms with Gasteiger partial charge in [0.15, 0.2) is 0 Å². The zero-order valence-electron chi connectivity index (χ0n) is 8.51. The maximum Gasteiger partial charge on any atom is 0.370 e. The summed E-state index contributed by atoms with van der Waals surface area (Å²) < 4.78 is 13.0. The summed E-state index contributed by atoms with van der Waals surface area (Å²) in [5, 5.41) is 2.08. The van der Waals surface area contributed by atoms with Crippen molar-refractivity contribution in [2.75, 3.05) is 28.2 Å². The van der Waals surface area contributed by atoms with Gasteiger partial charge in [-0.1, -0.05) is 0 Å². The fourth-order valence-corrected chi connectivity index (χ4v) is 1.50. The van der Waals surface area contributed by atoms with Crippen LogP contribution in [0.15, 0.2) is 0 Å². The predicted molar refractivity (Wildman–Crippen MR) is 50.3 cm³/mol. The van der Waals surface area contributed by atoms with E-state index in [-0.39, 0.29) is 0 Å². The van der Waals surface area contributed by atoms with Crippen LogP contribution in [0.2, 0.25) is 0 Å². The summed E-state index contributed by atoms with van der Waals surface area (Å²) in [6.07, 6.45) is 0. The van der Waals surface area contributed by atoms with Gasteiger partial charge in [-0.25, -0.2) is 9.24 Å². The quantitative estimate of drug-likeness (QED) is 0.456. The van der Waals surface area contributed by atoms with Gasteiger partial charge in [-0.15, -0.1) is 0 Å². The lowest BCUT2D eigenvalue weighted by molar-refractivity contribution is -0.142. The van der Waals surface area contributed by atoms with Crippen LogP contribution >= 0.6 is 7.67 Å². The van der Waals surface area contributed by atoms with Gasteiger partial charge < -0.3 is 10.2 Å². The molecular weight excluding hydrogens is 209 g/mol. The van der Waals surface area contributed by atoms with Gasteiger partial charge in [0.2, 0.25) is 0 Å². The molecule has 0 radical (unpaired) electrons. The number of carbonyl (C=O) groups excluding carboxylic acids is 2. The predicted octanol–water partition coefficient (Wildman–Crippen LogP) is -1.15. The van der Waals surface area contributed by atoms with Crippen molar-refractivity contribution in [3.63, 3.8) is 0 Å². The highest BCUT2D eigenvalue weighted by Crippen LogP contribution is 2.45. The highest BCUT2D eigenvalue weighted by molar-refractivity contribution is 7.53. The number of nitrogens with zero attached hydrogens (tertiary/aromatic N) is 2. The Bertz CT molecular complexity index is 291. The Hall–Kier alpha value is -0.910. The molecule has 8 heteroatoms. The molecule has 2 N–H and O–H groups in total. The van der Waals surface area contributed by atoms with Crippen LogP contribution < -0.4 is 5.32 Å². The van der Waals surface area contributed by atoms with Crippen LogP contribution in [0.4, 0.5) is 0 Å². The lowest BCUT2D eigenvalue weighted by Crippen LogP contribution is -2.39. The molecule has 14 heavy (non-hydrogen) atoms. The minimum absolute atomic E-state index is 0.520. The molecular formula is C6H14N3O4P. The van der Waals surface area contributed by atoms with Crippen molar-refractivity contribution in [3.8, 4) is 0 Å². The molecule has 0 saturated heterocycles. The van der Waals surface area contributed by atoms with Crippen LogP contribution in [0.5, 0.6) is 0 Å². The van der Waals surface area contributed by atoms with Crippen molar-refractivity contribution in [1.82, 2.24) is 14.7 Å². The molecule has 0 aromatic carbocycles. The summed E-state index contributed by atoms with van der Waals surface area (Å²) in [6.45, 7) is 0. The Labute approximate surface area is 82.2 Å². The van der Waals surface area contributed by atoms with E-state index in [4.69, 9.17) is 0 Å². The molecule has 0 aromatic heterocycles. The topological polar surface area (TPSA) is 90.0 Å². The van der Waals surface area contributed by atoms with E-state index >= 15 is 0 Å². The van der Waals surface area contributed by atoms with Gasteiger partial charge in [-0.3, -0.25) is 14.3 Å². The van der Waals surface area contributed by atoms with Crippen LogP contribution in [0.3, 0.4) is 0 Å². The van der Waals surface area contributed by atoms with Crippen LogP contribution in [0, 0.1) is 0 Å². The summed E-state index contributed by atoms with van der Waals surface area (Å²) in [5.74, 6) is -1.98. The van der Waals surface area contributed by atoms with E-state index in [0.717, 1.165) is 11.7 Å². The minimum Gasteiger partial charge on any atom is -0.351 e. The van der Waals surface area contributed by atoms with Crippen LogP contribution in [-0.2, 0) is 14.2 Å². The van der Waals surface area contributed by atoms with Gasteiger partial charge in [-0.05, 0) is 14.1 Å². The largest absolute Gasteiger partial charge is 0.370 e. The first kappa shape index (κ1) is 13.1. The third kappa shape index (κ3) is 2.54. The Kier molecular flexibility index (Phi) is 4.25. The summed E-state index contributed by atoms with van der Waals surface area (Å²) in [5.41, 5.74) is 0. The SMILES string of the molecule is CNC(=O)C(=O)N(C)P(=O)(O)N(C)C. The fourth-order valence-electron chi connectivity index (χ4n) is 0.641. The van der Waals surface area contributed by atoms with Crippen LogP contribution in [0.25, 0.3) is 0 Å². The van der Waals surface area contributed by atoms with Crippen molar-refractivity contribution in [1.29, 1.82) is 0 Å². The maximum atomic E-state index is 11.5. The maximum absolute atomic E-state index is 11.5. The van der Waals surface area contributed by atoms with Gasteiger partial charge >= 0.3 is 19.5 Å². The van der Waals surface area contributed by atoms with Crippen LogP contribution in [-0.4, -0.2) is 54.2 Å². The number of rotatable bonds is 2. The molecule has 0 aliphatic rings. The first-order valence-corrected chi connectivity index (χ1v) is 5.32. The molecule has 82 valence electrons. The average molecular weight is 223 g/mol. The highest BCUT2D eigenvalue weighted by atomic mass is 31.2. The molecule has 2 amide bonds. The highest BCUT2D eigenvalue weighted by Gasteiger charge is 2.34. The monoisotopic (exact) mass is 223 g/mol. The third-order valence-electron chi connectivity index (χ3n) is 1.63. The Morgan fingerprint density at radius 1 is 1.29 bits per heavy atom. The number of amides is 2. The van der Waals surface area contributed by atoms with E-state index in [9.17, 15) is 19.0 Å². The second-order valence-electron chi connectivity index (χ2n) is 2.77. The summed E-state index contributed by atoms with van der Waals surface area (Å²) in [4.78, 5) is 31.4. The van der Waals surface area contributed by atoms with Gasteiger partial charge in [0, 0.05) is 14.1 Å². The standard InChI is InChI=1S/C6H14N3O4P/c1-7-5(10)6(11)9(4)14(12,13)8(2)3/h1-4H3,(H,7,10)(H,12,13). The zero-order valence-corrected chi connectivity index (χ0v) is 9.41. The van der Waals surface area contributed by atoms with Crippen molar-refractivity contribution in [3.05, 3.63) is 0 Å². The van der Waals surface area contributed by atoms with Gasteiger partial charge in [0.25, 0.3) is 0 Å². The van der Waals surface area contributed by atoms with Crippen LogP contribution in [0.1, 0.15) is 0 Å². The van der Waals surface area contributed by atoms with E-state index in [2.05, 4.69) is 5.32 Å². The molecule has 7 nitrogen and oxygen atoms in total. The minimum atomic E-state index is -3.92. The van der Waals surface area contributed by atoms with E-state index in [1.165, 1.54) is 21.1 Å². The normalized spacial score (nSPS) is 14.7.